The summed E-state index contributed by atoms with van der Waals surface area (Å²) in [6, 6.07) is 4.85. The van der Waals surface area contributed by atoms with Gasteiger partial charge in [0.2, 0.25) is 0 Å². The molecule has 0 atom stereocenters. The van der Waals surface area contributed by atoms with E-state index in [2.05, 4.69) is 9.44 Å². The highest BCUT2D eigenvalue weighted by Gasteiger charge is 2.38. The van der Waals surface area contributed by atoms with Gasteiger partial charge < -0.3 is 4.74 Å². The molecule has 0 radical (unpaired) electrons. The van der Waals surface area contributed by atoms with E-state index in [0.29, 0.717) is 12.2 Å². The van der Waals surface area contributed by atoms with E-state index < -0.39 is 22.0 Å². The number of hydrogen-bond donors (Lipinski definition) is 0. The molecule has 0 amide bonds. The third-order valence-electron chi connectivity index (χ3n) is 2.62. The first-order valence-electron chi connectivity index (χ1n) is 6.40. The number of oxime groups is 1. The van der Waals surface area contributed by atoms with E-state index in [-0.39, 0.29) is 17.7 Å². The molecule has 9 heteroatoms. The van der Waals surface area contributed by atoms with Gasteiger partial charge in [0, 0.05) is 5.56 Å². The number of halogens is 3. The normalized spacial score (nSPS) is 13.0. The number of ether oxygens (including phenoxy) is 1. The summed E-state index contributed by atoms with van der Waals surface area (Å²) in [5, 5.41) is 2.81. The number of benzene rings is 1. The highest BCUT2D eigenvalue weighted by Crippen LogP contribution is 2.24. The van der Waals surface area contributed by atoms with Gasteiger partial charge in [0.1, 0.15) is 5.75 Å². The molecule has 0 saturated heterocycles. The standard InChI is InChI=1S/C13H16F3NO4S/c1-3-4-9-22(18,19)21-17-12(13(14,15)16)10-5-7-11(20-2)8-6-10/h5-8H,3-4,9H2,1-2H3. The Morgan fingerprint density at radius 3 is 2.27 bits per heavy atom. The number of unbranched alkanes of at least 4 members (excludes halogenated alkanes) is 1. The van der Waals surface area contributed by atoms with Crippen molar-refractivity contribution in [1.29, 1.82) is 0 Å². The summed E-state index contributed by atoms with van der Waals surface area (Å²) in [4.78, 5) is 0. The van der Waals surface area contributed by atoms with Gasteiger partial charge in [-0.3, -0.25) is 4.28 Å². The smallest absolute Gasteiger partial charge is 0.437 e. The van der Waals surface area contributed by atoms with Crippen LogP contribution in [-0.4, -0.2) is 33.2 Å². The number of hydrogen-bond acceptors (Lipinski definition) is 5. The van der Waals surface area contributed by atoms with Crippen LogP contribution in [0.1, 0.15) is 25.3 Å². The largest absolute Gasteiger partial charge is 0.497 e. The van der Waals surface area contributed by atoms with Gasteiger partial charge in [0.25, 0.3) is 0 Å². The Balaban J connectivity index is 3.05. The molecule has 0 aliphatic rings. The van der Waals surface area contributed by atoms with Crippen molar-refractivity contribution in [3.05, 3.63) is 29.8 Å². The van der Waals surface area contributed by atoms with Crippen LogP contribution in [0.4, 0.5) is 13.2 Å². The predicted molar refractivity (Wildman–Crippen MR) is 75.4 cm³/mol. The van der Waals surface area contributed by atoms with E-state index in [1.807, 2.05) is 0 Å². The molecule has 0 aliphatic heterocycles. The fourth-order valence-electron chi connectivity index (χ4n) is 1.47. The first-order chi connectivity index (χ1) is 10.2. The van der Waals surface area contributed by atoms with Crippen molar-refractivity contribution in [1.82, 2.24) is 0 Å². The molecule has 0 unspecified atom stereocenters. The molecule has 0 aliphatic carbocycles. The summed E-state index contributed by atoms with van der Waals surface area (Å²) >= 11 is 0. The van der Waals surface area contributed by atoms with E-state index in [9.17, 15) is 21.6 Å². The van der Waals surface area contributed by atoms with Crippen LogP contribution >= 0.6 is 0 Å². The van der Waals surface area contributed by atoms with Crippen molar-refractivity contribution in [2.24, 2.45) is 5.16 Å². The van der Waals surface area contributed by atoms with Crippen molar-refractivity contribution in [2.75, 3.05) is 12.9 Å². The lowest BCUT2D eigenvalue weighted by atomic mass is 10.1. The number of methoxy groups -OCH3 is 1. The summed E-state index contributed by atoms with van der Waals surface area (Å²) in [6.45, 7) is 1.75. The number of rotatable bonds is 7. The molecule has 1 rings (SSSR count). The van der Waals surface area contributed by atoms with Gasteiger partial charge in [-0.15, -0.1) is 0 Å². The fourth-order valence-corrected chi connectivity index (χ4v) is 2.37. The molecule has 1 aromatic carbocycles. The first kappa shape index (κ1) is 18.3. The van der Waals surface area contributed by atoms with Crippen LogP contribution in [0, 0.1) is 0 Å². The van der Waals surface area contributed by atoms with Gasteiger partial charge >= 0.3 is 16.3 Å². The van der Waals surface area contributed by atoms with E-state index in [4.69, 9.17) is 4.74 Å². The Labute approximate surface area is 126 Å². The maximum absolute atomic E-state index is 13.0. The Morgan fingerprint density at radius 2 is 1.82 bits per heavy atom. The van der Waals surface area contributed by atoms with Crippen molar-refractivity contribution < 1.29 is 30.6 Å². The zero-order valence-electron chi connectivity index (χ0n) is 12.1. The Morgan fingerprint density at radius 1 is 1.23 bits per heavy atom. The second-order valence-corrected chi connectivity index (χ2v) is 6.03. The molecule has 5 nitrogen and oxygen atoms in total. The summed E-state index contributed by atoms with van der Waals surface area (Å²) < 4.78 is 70.8. The van der Waals surface area contributed by atoms with Gasteiger partial charge in [-0.05, 0) is 30.7 Å². The van der Waals surface area contributed by atoms with Crippen LogP contribution in [0.25, 0.3) is 0 Å². The average molecular weight is 339 g/mol. The highest BCUT2D eigenvalue weighted by atomic mass is 32.2. The first-order valence-corrected chi connectivity index (χ1v) is 7.98. The number of nitrogens with zero attached hydrogens (tertiary/aromatic N) is 1. The van der Waals surface area contributed by atoms with Gasteiger partial charge in [0.05, 0.1) is 12.9 Å². The quantitative estimate of drug-likeness (QED) is 0.565. The topological polar surface area (TPSA) is 65.0 Å². The van der Waals surface area contributed by atoms with Crippen molar-refractivity contribution in [3.8, 4) is 5.75 Å². The zero-order chi connectivity index (χ0) is 16.8. The maximum atomic E-state index is 13.0. The van der Waals surface area contributed by atoms with E-state index >= 15 is 0 Å². The molecule has 0 aromatic heterocycles. The van der Waals surface area contributed by atoms with Crippen LogP contribution in [0.5, 0.6) is 5.75 Å². The van der Waals surface area contributed by atoms with E-state index in [1.54, 1.807) is 6.92 Å². The molecule has 0 bridgehead atoms. The van der Waals surface area contributed by atoms with Crippen LogP contribution in [0.3, 0.4) is 0 Å². The lowest BCUT2D eigenvalue weighted by molar-refractivity contribution is -0.0597. The maximum Gasteiger partial charge on any atom is 0.437 e. The molecule has 0 saturated carbocycles. The Kier molecular flexibility index (Phi) is 6.21. The molecule has 0 heterocycles. The van der Waals surface area contributed by atoms with E-state index in [0.717, 1.165) is 12.1 Å². The molecule has 1 aromatic rings. The lowest BCUT2D eigenvalue weighted by Crippen LogP contribution is -2.25. The van der Waals surface area contributed by atoms with Crippen molar-refractivity contribution in [2.45, 2.75) is 25.9 Å². The highest BCUT2D eigenvalue weighted by molar-refractivity contribution is 7.86. The molecule has 124 valence electrons. The molecule has 22 heavy (non-hydrogen) atoms. The van der Waals surface area contributed by atoms with Gasteiger partial charge in [-0.2, -0.15) is 21.6 Å². The zero-order valence-corrected chi connectivity index (χ0v) is 12.9. The van der Waals surface area contributed by atoms with Gasteiger partial charge in [-0.1, -0.05) is 18.5 Å². The second kappa shape index (κ2) is 7.48. The van der Waals surface area contributed by atoms with Crippen LogP contribution in [0.15, 0.2) is 29.4 Å². The third-order valence-corrected chi connectivity index (χ3v) is 3.71. The average Bonchev–Trinajstić information content (AvgIpc) is 2.44. The summed E-state index contributed by atoms with van der Waals surface area (Å²) in [7, 11) is -2.76. The second-order valence-electron chi connectivity index (χ2n) is 4.36. The minimum Gasteiger partial charge on any atom is -0.497 e. The molecular weight excluding hydrogens is 323 g/mol. The van der Waals surface area contributed by atoms with Crippen LogP contribution in [0.2, 0.25) is 0 Å². The summed E-state index contributed by atoms with van der Waals surface area (Å²) in [6.07, 6.45) is -4.01. The molecule has 0 spiro atoms. The Bertz CT molecular complexity index is 609. The molecular formula is C13H16F3NO4S. The summed E-state index contributed by atoms with van der Waals surface area (Å²) in [5.74, 6) is -0.0254. The predicted octanol–water partition coefficient (Wildman–Crippen LogP) is 3.11. The Hall–Kier alpha value is -1.77. The van der Waals surface area contributed by atoms with Crippen LogP contribution < -0.4 is 4.74 Å². The molecule has 0 N–H and O–H groups in total. The monoisotopic (exact) mass is 339 g/mol. The number of alkyl halides is 3. The minimum atomic E-state index is -4.85. The third kappa shape index (κ3) is 5.55. The van der Waals surface area contributed by atoms with Crippen molar-refractivity contribution >= 4 is 15.8 Å². The van der Waals surface area contributed by atoms with Gasteiger partial charge in [0.15, 0.2) is 5.71 Å². The minimum absolute atomic E-state index is 0.280. The SMILES string of the molecule is CCCCS(=O)(=O)ON=C(c1ccc(OC)cc1)C(F)(F)F. The van der Waals surface area contributed by atoms with Gasteiger partial charge in [-0.25, -0.2) is 0 Å². The molecule has 0 fully saturated rings. The summed E-state index contributed by atoms with van der Waals surface area (Å²) in [5.41, 5.74) is -1.74. The van der Waals surface area contributed by atoms with Crippen molar-refractivity contribution in [3.63, 3.8) is 0 Å². The van der Waals surface area contributed by atoms with Crippen LogP contribution in [-0.2, 0) is 14.4 Å². The fraction of sp³-hybridized carbons (Fsp3) is 0.462. The lowest BCUT2D eigenvalue weighted by Gasteiger charge is -2.10. The van der Waals surface area contributed by atoms with E-state index in [1.165, 1.54) is 19.2 Å².